The molecule has 3 aliphatic rings. The van der Waals surface area contributed by atoms with E-state index in [0.717, 1.165) is 17.5 Å². The average molecular weight is 920 g/mol. The number of likely N-dealkylation sites (N-methyl/N-ethyl adjacent to an activating group) is 1. The molecule has 0 radical (unpaired) electrons. The molecule has 0 unspecified atom stereocenters. The molecule has 0 saturated carbocycles. The SMILES string of the molecule is CC[C@H]1OC(=O)[C@H](C)[C@@H](OC(=O)Cc2ccncc2)[C@H](C)[C@@H](O[C@H]2O[C@@H](C)C[C@@H](N(C)CC)[C@@H]2O)[C@](C)(OC)C[C@@H](C)C(=O)[C@H](C)[C@H]2N(CCCCn3ccc4cccnc43)C(=O)O[C@]12C. The molecule has 14 atom stereocenters. The van der Waals surface area contributed by atoms with Crippen molar-refractivity contribution < 1.29 is 52.7 Å². The number of rotatable bonds is 14. The van der Waals surface area contributed by atoms with Crippen molar-refractivity contribution in [1.82, 2.24) is 24.3 Å². The van der Waals surface area contributed by atoms with Crippen LogP contribution in [-0.2, 0) is 55.8 Å². The van der Waals surface area contributed by atoms with Crippen LogP contribution in [-0.4, -0.2) is 141 Å². The third-order valence-corrected chi connectivity index (χ3v) is 14.7. The highest BCUT2D eigenvalue weighted by molar-refractivity contribution is 5.85. The number of carbonyl (C=O) groups is 4. The van der Waals surface area contributed by atoms with Crippen LogP contribution >= 0.6 is 0 Å². The number of aromatic nitrogens is 3. The number of aliphatic hydroxyl groups is 1. The number of fused-ring (bicyclic) bond motifs is 2. The Kier molecular flexibility index (Phi) is 16.7. The molecule has 66 heavy (non-hydrogen) atoms. The van der Waals surface area contributed by atoms with Gasteiger partial charge in [0.25, 0.3) is 0 Å². The number of carbonyl (C=O) groups excluding carboxylic acids is 4. The number of esters is 2. The third kappa shape index (κ3) is 10.8. The average Bonchev–Trinajstić information content (AvgIpc) is 3.83. The monoisotopic (exact) mass is 920 g/mol. The Morgan fingerprint density at radius 3 is 2.38 bits per heavy atom. The number of ketones is 1. The fourth-order valence-corrected chi connectivity index (χ4v) is 10.8. The van der Waals surface area contributed by atoms with Crippen LogP contribution in [0.3, 0.4) is 0 Å². The lowest BCUT2D eigenvalue weighted by Crippen LogP contribution is -2.61. The number of aryl methyl sites for hydroxylation is 1. The first kappa shape index (κ1) is 50.9. The Bertz CT molecular complexity index is 2120. The number of cyclic esters (lactones) is 1. The highest BCUT2D eigenvalue weighted by atomic mass is 16.7. The lowest BCUT2D eigenvalue weighted by Gasteiger charge is -2.48. The summed E-state index contributed by atoms with van der Waals surface area (Å²) in [5, 5.41) is 12.9. The standard InChI is InChI=1S/C50H73N5O11/c1-12-38-50(9)43(55(48(60)66-50)25-15-14-24-54-26-20-36-17-16-21-52-45(36)54)32(5)40(57)30(3)29-49(8,61-11)44(65-47-41(58)37(53(10)13-2)27-31(4)62-47)33(6)42(34(7)46(59)63-38)64-39(56)28-35-18-22-51-23-19-35/h16-23,26,30-34,37-38,41-44,47,58H,12-15,24-25,27-29H2,1-11H3/t30-,31+,32+,33+,34-,37-,38-,41+,42+,43-,44-,47-,49-,50-/m1/s1. The van der Waals surface area contributed by atoms with Gasteiger partial charge in [0.2, 0.25) is 0 Å². The molecule has 3 fully saturated rings. The van der Waals surface area contributed by atoms with Gasteiger partial charge >= 0.3 is 18.0 Å². The van der Waals surface area contributed by atoms with Gasteiger partial charge in [-0.3, -0.25) is 19.4 Å². The molecule has 3 aromatic rings. The molecule has 0 aliphatic carbocycles. The van der Waals surface area contributed by atoms with Crippen LogP contribution in [0, 0.1) is 23.7 Å². The zero-order valence-electron chi connectivity index (χ0n) is 40.8. The van der Waals surface area contributed by atoms with E-state index >= 15 is 4.79 Å². The van der Waals surface area contributed by atoms with Crippen LogP contribution in [0.4, 0.5) is 4.79 Å². The predicted molar refractivity (Wildman–Crippen MR) is 246 cm³/mol. The van der Waals surface area contributed by atoms with Crippen LogP contribution in [0.5, 0.6) is 0 Å². The van der Waals surface area contributed by atoms with Gasteiger partial charge in [0, 0.05) is 74.2 Å². The first-order valence-corrected chi connectivity index (χ1v) is 23.8. The van der Waals surface area contributed by atoms with Crippen molar-refractivity contribution in [3.8, 4) is 0 Å². The molecule has 16 nitrogen and oxygen atoms in total. The zero-order valence-corrected chi connectivity index (χ0v) is 40.8. The summed E-state index contributed by atoms with van der Waals surface area (Å²) >= 11 is 0. The third-order valence-electron chi connectivity index (χ3n) is 14.7. The van der Waals surface area contributed by atoms with Gasteiger partial charge in [-0.1, -0.05) is 34.6 Å². The minimum atomic E-state index is -1.43. The molecular formula is C50H73N5O11. The summed E-state index contributed by atoms with van der Waals surface area (Å²) in [6, 6.07) is 8.27. The van der Waals surface area contributed by atoms with Crippen molar-refractivity contribution in [3.05, 3.63) is 60.7 Å². The Morgan fingerprint density at radius 2 is 1.70 bits per heavy atom. The quantitative estimate of drug-likeness (QED) is 0.107. The van der Waals surface area contributed by atoms with E-state index < -0.39 is 89.7 Å². The Hall–Kier alpha value is -4.48. The first-order chi connectivity index (χ1) is 31.4. The van der Waals surface area contributed by atoms with Crippen molar-refractivity contribution in [2.24, 2.45) is 23.7 Å². The lowest BCUT2D eigenvalue weighted by molar-refractivity contribution is -0.302. The van der Waals surface area contributed by atoms with Crippen LogP contribution in [0.2, 0.25) is 0 Å². The molecule has 0 spiro atoms. The highest BCUT2D eigenvalue weighted by Crippen LogP contribution is 2.44. The lowest BCUT2D eigenvalue weighted by atomic mass is 9.73. The summed E-state index contributed by atoms with van der Waals surface area (Å²) < 4.78 is 40.8. The van der Waals surface area contributed by atoms with Gasteiger partial charge < -0.3 is 47.9 Å². The van der Waals surface area contributed by atoms with Crippen LogP contribution in [0.15, 0.2) is 55.1 Å². The second-order valence-electron chi connectivity index (χ2n) is 19.3. The highest BCUT2D eigenvalue weighted by Gasteiger charge is 2.60. The van der Waals surface area contributed by atoms with Gasteiger partial charge in [-0.05, 0) is 109 Å². The van der Waals surface area contributed by atoms with Crippen molar-refractivity contribution in [3.63, 3.8) is 0 Å². The van der Waals surface area contributed by atoms with Gasteiger partial charge in [0.05, 0.1) is 36.2 Å². The molecular weight excluding hydrogens is 847 g/mol. The van der Waals surface area contributed by atoms with Crippen LogP contribution in [0.1, 0.15) is 100.0 Å². The molecule has 16 heteroatoms. The van der Waals surface area contributed by atoms with E-state index in [-0.39, 0.29) is 37.2 Å². The molecule has 0 aromatic carbocycles. The topological polar surface area (TPSA) is 181 Å². The number of pyridine rings is 2. The molecule has 3 saturated heterocycles. The number of hydrogen-bond donors (Lipinski definition) is 1. The summed E-state index contributed by atoms with van der Waals surface area (Å²) in [7, 11) is 3.47. The largest absolute Gasteiger partial charge is 0.461 e. The molecule has 0 bridgehead atoms. The van der Waals surface area contributed by atoms with Crippen molar-refractivity contribution >= 4 is 34.8 Å². The molecule has 6 heterocycles. The number of amides is 1. The van der Waals surface area contributed by atoms with E-state index in [1.54, 1.807) is 49.5 Å². The van der Waals surface area contributed by atoms with Gasteiger partial charge in [-0.15, -0.1) is 0 Å². The second-order valence-corrected chi connectivity index (χ2v) is 19.3. The molecule has 3 aromatic heterocycles. The number of unbranched alkanes of at least 4 members (excludes halogenated alkanes) is 1. The Morgan fingerprint density at radius 1 is 0.985 bits per heavy atom. The second kappa shape index (κ2) is 21.6. The van der Waals surface area contributed by atoms with Gasteiger partial charge in [-0.2, -0.15) is 0 Å². The number of Topliss-reactive ketones (excluding diaryl/α,β-unsaturated/α-hetero) is 1. The molecule has 364 valence electrons. The van der Waals surface area contributed by atoms with E-state index in [1.807, 2.05) is 79.9 Å². The van der Waals surface area contributed by atoms with E-state index in [0.29, 0.717) is 38.0 Å². The van der Waals surface area contributed by atoms with Crippen molar-refractivity contribution in [2.45, 2.75) is 167 Å². The van der Waals surface area contributed by atoms with E-state index in [2.05, 4.69) is 19.4 Å². The maximum Gasteiger partial charge on any atom is 0.410 e. The fraction of sp³-hybridized carbons (Fsp3) is 0.680. The summed E-state index contributed by atoms with van der Waals surface area (Å²) in [6.07, 6.45) is 2.88. The van der Waals surface area contributed by atoms with Crippen LogP contribution in [0.25, 0.3) is 11.0 Å². The van der Waals surface area contributed by atoms with Gasteiger partial charge in [-0.25, -0.2) is 9.78 Å². The predicted octanol–water partition coefficient (Wildman–Crippen LogP) is 6.39. The Labute approximate surface area is 390 Å². The summed E-state index contributed by atoms with van der Waals surface area (Å²) in [4.78, 5) is 70.1. The zero-order chi connectivity index (χ0) is 48.1. The molecule has 3 aliphatic heterocycles. The smallest absolute Gasteiger partial charge is 0.410 e. The number of hydrogen-bond acceptors (Lipinski definition) is 14. The summed E-state index contributed by atoms with van der Waals surface area (Å²) in [5.41, 5.74) is -1.17. The fourth-order valence-electron chi connectivity index (χ4n) is 10.8. The number of methoxy groups -OCH3 is 1. The van der Waals surface area contributed by atoms with E-state index in [9.17, 15) is 19.5 Å². The Balaban J connectivity index is 1.37. The minimum Gasteiger partial charge on any atom is -0.461 e. The first-order valence-electron chi connectivity index (χ1n) is 23.8. The maximum atomic E-state index is 15.0. The minimum absolute atomic E-state index is 0.0982. The van der Waals surface area contributed by atoms with E-state index in [4.69, 9.17) is 28.4 Å². The normalized spacial score (nSPS) is 34.7. The molecule has 1 N–H and O–H groups in total. The van der Waals surface area contributed by atoms with Crippen LogP contribution < -0.4 is 0 Å². The molecule has 6 rings (SSSR count). The van der Waals surface area contributed by atoms with Gasteiger partial charge in [0.1, 0.15) is 29.7 Å². The van der Waals surface area contributed by atoms with Gasteiger partial charge in [0.15, 0.2) is 11.9 Å². The van der Waals surface area contributed by atoms with Crippen molar-refractivity contribution in [2.75, 3.05) is 27.2 Å². The number of ether oxygens (including phenoxy) is 6. The van der Waals surface area contributed by atoms with E-state index in [1.165, 1.54) is 7.11 Å². The molecule has 1 amide bonds. The summed E-state index contributed by atoms with van der Waals surface area (Å²) in [6.45, 7) is 18.1. The maximum absolute atomic E-state index is 15.0. The summed E-state index contributed by atoms with van der Waals surface area (Å²) in [5.74, 6) is -4.74. The number of nitrogens with zero attached hydrogens (tertiary/aromatic N) is 5. The number of aliphatic hydroxyl groups excluding tert-OH is 1. The van der Waals surface area contributed by atoms with Crippen molar-refractivity contribution in [1.29, 1.82) is 0 Å².